The van der Waals surface area contributed by atoms with E-state index in [-0.39, 0.29) is 28.6 Å². The van der Waals surface area contributed by atoms with Crippen molar-refractivity contribution in [3.8, 4) is 0 Å². The first kappa shape index (κ1) is 17.6. The fourth-order valence-electron chi connectivity index (χ4n) is 2.87. The largest absolute Gasteiger partial charge is 0.383 e. The van der Waals surface area contributed by atoms with Gasteiger partial charge in [0.05, 0.1) is 17.1 Å². The van der Waals surface area contributed by atoms with E-state index >= 15 is 0 Å². The molecule has 5 N–H and O–H groups in total. The van der Waals surface area contributed by atoms with Gasteiger partial charge in [-0.1, -0.05) is 35.9 Å². The molecule has 27 heavy (non-hydrogen) atoms. The molecule has 4 rings (SSSR count). The average molecular weight is 402 g/mol. The number of thioether (sulfide) groups is 1. The molecule has 0 aliphatic carbocycles. The summed E-state index contributed by atoms with van der Waals surface area (Å²) in [4.78, 5) is 25.1. The molecule has 0 bridgehead atoms. The van der Waals surface area contributed by atoms with Gasteiger partial charge in [0, 0.05) is 5.02 Å². The number of hydrogen-bond acceptors (Lipinski definition) is 6. The topological polar surface area (TPSA) is 99.5 Å². The highest BCUT2D eigenvalue weighted by atomic mass is 35.5. The summed E-state index contributed by atoms with van der Waals surface area (Å²) < 4.78 is 0. The number of halogens is 1. The van der Waals surface area contributed by atoms with E-state index in [2.05, 4.69) is 16.1 Å². The van der Waals surface area contributed by atoms with Crippen LogP contribution >= 0.6 is 23.4 Å². The van der Waals surface area contributed by atoms with Gasteiger partial charge >= 0.3 is 0 Å². The normalized spacial score (nSPS) is 18.6. The maximum absolute atomic E-state index is 12.8. The molecule has 2 aliphatic heterocycles. The van der Waals surface area contributed by atoms with Gasteiger partial charge in [-0.2, -0.15) is 0 Å². The Morgan fingerprint density at radius 1 is 1.15 bits per heavy atom. The number of nitrogens with one attached hydrogen (secondary N) is 3. The van der Waals surface area contributed by atoms with Crippen LogP contribution in [0.15, 0.2) is 60.0 Å². The van der Waals surface area contributed by atoms with E-state index in [1.54, 1.807) is 12.1 Å². The number of carbonyl (C=O) groups excluding carboxylic acids is 2. The van der Waals surface area contributed by atoms with E-state index in [0.717, 1.165) is 16.9 Å². The Kier molecular flexibility index (Phi) is 4.59. The molecule has 7 nitrogen and oxygen atoms in total. The molecule has 1 unspecified atom stereocenters. The molecule has 2 heterocycles. The molecule has 0 aromatic heterocycles. The summed E-state index contributed by atoms with van der Waals surface area (Å²) in [6, 6.07) is 14.6. The number of rotatable bonds is 3. The lowest BCUT2D eigenvalue weighted by Gasteiger charge is -2.27. The molecule has 0 saturated carbocycles. The Morgan fingerprint density at radius 2 is 1.81 bits per heavy atom. The van der Waals surface area contributed by atoms with Crippen LogP contribution in [-0.4, -0.2) is 22.6 Å². The van der Waals surface area contributed by atoms with E-state index < -0.39 is 5.91 Å². The van der Waals surface area contributed by atoms with E-state index in [1.807, 2.05) is 36.4 Å². The number of benzene rings is 2. The molecule has 2 aromatic carbocycles. The van der Waals surface area contributed by atoms with Crippen molar-refractivity contribution in [3.05, 3.63) is 70.6 Å². The molecule has 1 saturated heterocycles. The standard InChI is InChI=1S/C18H16ClN5O2S/c19-11-7-5-10(6-8-11)18-24(14(25)9-27-18)23-17(26)15-16(20)22-13-4-2-1-3-12(13)21-15/h1-8,18,21-22H,9,20H2,(H,23,26). The molecule has 9 heteroatoms. The summed E-state index contributed by atoms with van der Waals surface area (Å²) >= 11 is 7.37. The van der Waals surface area contributed by atoms with Gasteiger partial charge in [-0.3, -0.25) is 15.0 Å². The van der Waals surface area contributed by atoms with Gasteiger partial charge < -0.3 is 16.4 Å². The smallest absolute Gasteiger partial charge is 0.290 e. The minimum atomic E-state index is -0.496. The number of carbonyl (C=O) groups is 2. The molecular formula is C18H16ClN5O2S. The second-order valence-electron chi connectivity index (χ2n) is 6.00. The molecule has 0 radical (unpaired) electrons. The number of anilines is 2. The number of hydrazine groups is 1. The van der Waals surface area contributed by atoms with Crippen molar-refractivity contribution in [1.29, 1.82) is 0 Å². The first-order valence-corrected chi connectivity index (χ1v) is 9.58. The second kappa shape index (κ2) is 7.05. The quantitative estimate of drug-likeness (QED) is 0.631. The van der Waals surface area contributed by atoms with Crippen molar-refractivity contribution in [2.75, 3.05) is 16.4 Å². The zero-order chi connectivity index (χ0) is 19.0. The summed E-state index contributed by atoms with van der Waals surface area (Å²) in [5, 5.41) is 7.61. The van der Waals surface area contributed by atoms with Crippen LogP contribution in [0.5, 0.6) is 0 Å². The van der Waals surface area contributed by atoms with Crippen molar-refractivity contribution in [2.45, 2.75) is 5.37 Å². The number of nitrogens with zero attached hydrogens (tertiary/aromatic N) is 1. The third-order valence-corrected chi connectivity index (χ3v) is 5.66. The fourth-order valence-corrected chi connectivity index (χ4v) is 4.11. The molecular weight excluding hydrogens is 386 g/mol. The molecule has 138 valence electrons. The Hall–Kier alpha value is -2.84. The first-order chi connectivity index (χ1) is 13.0. The van der Waals surface area contributed by atoms with Gasteiger partial charge in [0.1, 0.15) is 16.9 Å². The fraction of sp³-hybridized carbons (Fsp3) is 0.111. The minimum absolute atomic E-state index is 0.160. The Labute approximate surface area is 164 Å². The minimum Gasteiger partial charge on any atom is -0.383 e. The molecule has 2 amide bonds. The zero-order valence-corrected chi connectivity index (χ0v) is 15.6. The number of amides is 2. The molecule has 2 aromatic rings. The summed E-state index contributed by atoms with van der Waals surface area (Å²) in [6.07, 6.45) is 0. The van der Waals surface area contributed by atoms with Crippen LogP contribution in [0.25, 0.3) is 0 Å². The van der Waals surface area contributed by atoms with Gasteiger partial charge in [0.25, 0.3) is 11.8 Å². The molecule has 0 spiro atoms. The van der Waals surface area contributed by atoms with E-state index in [0.29, 0.717) is 5.02 Å². The summed E-state index contributed by atoms with van der Waals surface area (Å²) in [5.41, 5.74) is 11.2. The number of nitrogens with two attached hydrogens (primary N) is 1. The number of hydrogen-bond donors (Lipinski definition) is 4. The zero-order valence-electron chi connectivity index (χ0n) is 14.0. The van der Waals surface area contributed by atoms with Gasteiger partial charge in [0.15, 0.2) is 0 Å². The maximum atomic E-state index is 12.8. The van der Waals surface area contributed by atoms with Crippen molar-refractivity contribution in [1.82, 2.24) is 10.4 Å². The average Bonchev–Trinajstić information content (AvgIpc) is 3.02. The predicted octanol–water partition coefficient (Wildman–Crippen LogP) is 2.61. The predicted molar refractivity (Wildman–Crippen MR) is 107 cm³/mol. The Balaban J connectivity index is 1.54. The SMILES string of the molecule is NC1=C(C(=O)NN2C(=O)CSC2c2ccc(Cl)cc2)Nc2ccccc2N1. The van der Waals surface area contributed by atoms with Crippen LogP contribution in [0, 0.1) is 0 Å². The van der Waals surface area contributed by atoms with Gasteiger partial charge in [-0.15, -0.1) is 11.8 Å². The summed E-state index contributed by atoms with van der Waals surface area (Å²) in [5.74, 6) is -0.217. The van der Waals surface area contributed by atoms with Crippen molar-refractivity contribution in [2.24, 2.45) is 5.73 Å². The monoisotopic (exact) mass is 401 g/mol. The number of para-hydroxylation sites is 2. The third kappa shape index (κ3) is 3.41. The first-order valence-electron chi connectivity index (χ1n) is 8.16. The number of fused-ring (bicyclic) bond motifs is 1. The summed E-state index contributed by atoms with van der Waals surface area (Å²) in [7, 11) is 0. The van der Waals surface area contributed by atoms with Gasteiger partial charge in [-0.25, -0.2) is 5.01 Å². The molecule has 1 fully saturated rings. The molecule has 2 aliphatic rings. The van der Waals surface area contributed by atoms with Crippen molar-refractivity contribution >= 4 is 46.6 Å². The Bertz CT molecular complexity index is 947. The highest BCUT2D eigenvalue weighted by molar-refractivity contribution is 8.00. The van der Waals surface area contributed by atoms with E-state index in [9.17, 15) is 9.59 Å². The van der Waals surface area contributed by atoms with Gasteiger partial charge in [0.2, 0.25) is 0 Å². The second-order valence-corrected chi connectivity index (χ2v) is 7.51. The van der Waals surface area contributed by atoms with Gasteiger partial charge in [-0.05, 0) is 29.8 Å². The van der Waals surface area contributed by atoms with Crippen LogP contribution in [0.3, 0.4) is 0 Å². The van der Waals surface area contributed by atoms with Crippen molar-refractivity contribution in [3.63, 3.8) is 0 Å². The molecule has 1 atom stereocenters. The maximum Gasteiger partial charge on any atom is 0.290 e. The van der Waals surface area contributed by atoms with Crippen LogP contribution in [0.2, 0.25) is 5.02 Å². The summed E-state index contributed by atoms with van der Waals surface area (Å²) in [6.45, 7) is 0. The van der Waals surface area contributed by atoms with Crippen LogP contribution in [-0.2, 0) is 9.59 Å². The third-order valence-electron chi connectivity index (χ3n) is 4.20. The highest BCUT2D eigenvalue weighted by Gasteiger charge is 2.35. The Morgan fingerprint density at radius 3 is 2.52 bits per heavy atom. The van der Waals surface area contributed by atoms with Crippen LogP contribution in [0.1, 0.15) is 10.9 Å². The van der Waals surface area contributed by atoms with E-state index in [1.165, 1.54) is 16.8 Å². The van der Waals surface area contributed by atoms with Crippen LogP contribution < -0.4 is 21.8 Å². The lowest BCUT2D eigenvalue weighted by Crippen LogP contribution is -2.47. The van der Waals surface area contributed by atoms with Crippen LogP contribution in [0.4, 0.5) is 11.4 Å². The lowest BCUT2D eigenvalue weighted by atomic mass is 10.2. The van der Waals surface area contributed by atoms with Crippen molar-refractivity contribution < 1.29 is 9.59 Å². The highest BCUT2D eigenvalue weighted by Crippen LogP contribution is 2.38. The van der Waals surface area contributed by atoms with E-state index in [4.69, 9.17) is 17.3 Å². The lowest BCUT2D eigenvalue weighted by molar-refractivity contribution is -0.137.